The molecule has 0 aliphatic carbocycles. The second-order valence-corrected chi connectivity index (χ2v) is 7.08. The molecule has 0 bridgehead atoms. The normalized spacial score (nSPS) is 14.7. The van der Waals surface area contributed by atoms with Crippen molar-refractivity contribution in [3.63, 3.8) is 0 Å². The summed E-state index contributed by atoms with van der Waals surface area (Å²) in [6, 6.07) is 5.28. The van der Waals surface area contributed by atoms with Gasteiger partial charge in [0.2, 0.25) is 7.60 Å². The molecule has 1 N–H and O–H groups in total. The summed E-state index contributed by atoms with van der Waals surface area (Å²) < 4.78 is 25.9. The molecule has 0 amide bonds. The van der Waals surface area contributed by atoms with Gasteiger partial charge in [-0.2, -0.15) is 0 Å². The number of hydrogen-bond donors (Lipinski definition) is 1. The molecule has 0 aliphatic heterocycles. The summed E-state index contributed by atoms with van der Waals surface area (Å²) >= 11 is 5.56. The van der Waals surface area contributed by atoms with Crippen molar-refractivity contribution in [1.82, 2.24) is 0 Å². The van der Waals surface area contributed by atoms with Gasteiger partial charge in [-0.25, -0.2) is 0 Å². The van der Waals surface area contributed by atoms with Crippen molar-refractivity contribution in [2.45, 2.75) is 5.59 Å². The van der Waals surface area contributed by atoms with Gasteiger partial charge in [0.1, 0.15) is 5.75 Å². The third-order valence-corrected chi connectivity index (χ3v) is 5.22. The molecule has 1 aromatic rings. The molecule has 0 saturated heterocycles. The summed E-state index contributed by atoms with van der Waals surface area (Å²) in [5, 5.41) is 8.72. The number of para-hydroxylation sites is 1. The zero-order chi connectivity index (χ0) is 13.3. The van der Waals surface area contributed by atoms with E-state index >= 15 is 0 Å². The van der Waals surface area contributed by atoms with E-state index in [2.05, 4.69) is 4.52 Å². The van der Waals surface area contributed by atoms with Gasteiger partial charge in [-0.3, -0.25) is 4.57 Å². The summed E-state index contributed by atoms with van der Waals surface area (Å²) in [5.74, 6) is -0.375. The van der Waals surface area contributed by atoms with Crippen molar-refractivity contribution in [3.8, 4) is 5.75 Å². The first kappa shape index (κ1) is 26.7. The average molecular weight is 623 g/mol. The quantitative estimate of drug-likeness (QED) is 0.352. The van der Waals surface area contributed by atoms with E-state index in [1.807, 2.05) is 0 Å². The van der Waals surface area contributed by atoms with E-state index in [9.17, 15) is 23.8 Å². The van der Waals surface area contributed by atoms with Crippen molar-refractivity contribution in [3.05, 3.63) is 29.3 Å². The van der Waals surface area contributed by atoms with Crippen molar-refractivity contribution in [1.29, 1.82) is 0 Å². The van der Waals surface area contributed by atoms with Gasteiger partial charge < -0.3 is 28.9 Å². The summed E-state index contributed by atoms with van der Waals surface area (Å²) in [7, 11) is -11.0. The molecular weight excluding hydrogens is 617 g/mol. The van der Waals surface area contributed by atoms with Crippen molar-refractivity contribution < 1.29 is 101 Å². The maximum atomic E-state index is 11.2. The van der Waals surface area contributed by atoms with Crippen molar-refractivity contribution in [2.24, 2.45) is 0 Å². The van der Waals surface area contributed by atoms with E-state index in [1.54, 1.807) is 0 Å². The largest absolute Gasteiger partial charge is 1.00 e. The maximum Gasteiger partial charge on any atom is 1.00 e. The first-order chi connectivity index (χ1) is 7.64. The summed E-state index contributed by atoms with van der Waals surface area (Å²) in [5.41, 5.74) is -3.15. The Hall–Kier alpha value is 1.83. The van der Waals surface area contributed by atoms with Gasteiger partial charge in [0.15, 0.2) is 5.59 Å². The average Bonchev–Trinajstić information content (AvgIpc) is 2.19. The second-order valence-electron chi connectivity index (χ2n) is 2.95. The van der Waals surface area contributed by atoms with Crippen LogP contribution in [0.15, 0.2) is 24.3 Å². The molecule has 0 spiro atoms. The predicted octanol–water partition coefficient (Wildman–Crippen LogP) is -0.546. The van der Waals surface area contributed by atoms with E-state index < -0.39 is 20.8 Å². The van der Waals surface area contributed by atoms with Gasteiger partial charge in [0, 0.05) is 0 Å². The van der Waals surface area contributed by atoms with Crippen molar-refractivity contribution >= 4 is 26.8 Å². The van der Waals surface area contributed by atoms with E-state index in [1.165, 1.54) is 18.2 Å². The SMILES string of the molecule is O=P([O-])([O-])C(O)P(=O)([O-])Oc1ccccc1Cl.[Ag+].[Ag+].[Ag+]. The van der Waals surface area contributed by atoms with Gasteiger partial charge in [-0.15, -0.1) is 0 Å². The molecule has 0 saturated carbocycles. The second kappa shape index (κ2) is 10.6. The first-order valence-corrected chi connectivity index (χ1v) is 7.69. The molecule has 2 atom stereocenters. The molecule has 2 unspecified atom stereocenters. The van der Waals surface area contributed by atoms with E-state index in [-0.39, 0.29) is 77.9 Å². The topological polar surface area (TPSA) is 133 Å². The fourth-order valence-electron chi connectivity index (χ4n) is 0.876. The molecule has 0 aliphatic rings. The standard InChI is InChI=1S/C7H9ClO7P2.3Ag/c8-5-3-1-2-4-6(5)15-17(13,14)7(9)16(10,11)12;;;/h1-4,7,9H,(H,13,14)(H2,10,11,12);;;/q;3*+1/p-3. The van der Waals surface area contributed by atoms with Crippen LogP contribution in [0.25, 0.3) is 0 Å². The number of rotatable bonds is 4. The minimum absolute atomic E-state index is 0. The van der Waals surface area contributed by atoms with Gasteiger partial charge in [0.25, 0.3) is 0 Å². The Labute approximate surface area is 166 Å². The van der Waals surface area contributed by atoms with Crippen LogP contribution in [-0.4, -0.2) is 10.7 Å². The number of aliphatic hydroxyl groups is 1. The van der Waals surface area contributed by atoms with Gasteiger partial charge in [-0.1, -0.05) is 23.7 Å². The molecule has 0 radical (unpaired) electrons. The van der Waals surface area contributed by atoms with E-state index in [0.717, 1.165) is 6.07 Å². The molecule has 1 rings (SSSR count). The number of benzene rings is 1. The number of aliphatic hydroxyl groups excluding tert-OH is 1. The Morgan fingerprint density at radius 1 is 1.10 bits per heavy atom. The van der Waals surface area contributed by atoms with Gasteiger partial charge >= 0.3 is 67.1 Å². The van der Waals surface area contributed by atoms with Crippen LogP contribution in [0.1, 0.15) is 0 Å². The maximum absolute atomic E-state index is 11.2. The van der Waals surface area contributed by atoms with Crippen LogP contribution in [0, 0.1) is 0 Å². The molecule has 1 aromatic carbocycles. The Bertz CT molecular complexity index is 511. The molecule has 126 valence electrons. The van der Waals surface area contributed by atoms with Crippen LogP contribution in [0.5, 0.6) is 5.75 Å². The monoisotopic (exact) mass is 620 g/mol. The Morgan fingerprint density at radius 2 is 1.55 bits per heavy atom. The minimum atomic E-state index is -5.72. The fraction of sp³-hybridized carbons (Fsp3) is 0.143. The Morgan fingerprint density at radius 3 is 1.95 bits per heavy atom. The summed E-state index contributed by atoms with van der Waals surface area (Å²) in [6.45, 7) is 0. The summed E-state index contributed by atoms with van der Waals surface area (Å²) in [4.78, 5) is 32.0. The van der Waals surface area contributed by atoms with Crippen LogP contribution in [-0.2, 0) is 76.3 Å². The van der Waals surface area contributed by atoms with E-state index in [4.69, 9.17) is 16.7 Å². The Balaban J connectivity index is -0.000000963. The van der Waals surface area contributed by atoms with Crippen LogP contribution < -0.4 is 19.2 Å². The van der Waals surface area contributed by atoms with Crippen LogP contribution in [0.4, 0.5) is 0 Å². The molecule has 0 aromatic heterocycles. The molecule has 13 heteroatoms. The molecule has 0 heterocycles. The zero-order valence-electron chi connectivity index (χ0n) is 8.96. The smallest absolute Gasteiger partial charge is 0.809 e. The predicted molar refractivity (Wildman–Crippen MR) is 53.3 cm³/mol. The summed E-state index contributed by atoms with van der Waals surface area (Å²) in [6.07, 6.45) is 0. The van der Waals surface area contributed by atoms with Crippen LogP contribution >= 0.6 is 26.8 Å². The third-order valence-electron chi connectivity index (χ3n) is 1.63. The molecule has 7 nitrogen and oxygen atoms in total. The number of halogens is 1. The molecular formula is C7H6Ag3ClO7P2. The number of hydrogen-bond acceptors (Lipinski definition) is 7. The van der Waals surface area contributed by atoms with Gasteiger partial charge in [-0.05, 0) is 19.7 Å². The van der Waals surface area contributed by atoms with Gasteiger partial charge in [0.05, 0.1) is 5.02 Å². The van der Waals surface area contributed by atoms with Crippen LogP contribution in [0.2, 0.25) is 5.02 Å². The van der Waals surface area contributed by atoms with Crippen molar-refractivity contribution in [2.75, 3.05) is 0 Å². The minimum Gasteiger partial charge on any atom is -0.809 e. The molecule has 0 fully saturated rings. The van der Waals surface area contributed by atoms with Crippen LogP contribution in [0.3, 0.4) is 0 Å². The molecule has 20 heavy (non-hydrogen) atoms. The van der Waals surface area contributed by atoms with E-state index in [0.29, 0.717) is 0 Å². The Kier molecular flexibility index (Phi) is 14.1. The first-order valence-electron chi connectivity index (χ1n) is 4.09. The zero-order valence-corrected chi connectivity index (χ0v) is 16.0. The third kappa shape index (κ3) is 7.90. The fourth-order valence-corrected chi connectivity index (χ4v) is 3.16.